The summed E-state index contributed by atoms with van der Waals surface area (Å²) in [5, 5.41) is 3.08. The van der Waals surface area contributed by atoms with Crippen LogP contribution in [0.4, 0.5) is 18.3 Å². The van der Waals surface area contributed by atoms with Crippen LogP contribution in [0.5, 0.6) is 0 Å². The van der Waals surface area contributed by atoms with E-state index in [0.717, 1.165) is 17.0 Å². The molecule has 0 atom stereocenters. The molecule has 0 saturated carbocycles. The predicted octanol–water partition coefficient (Wildman–Crippen LogP) is 4.71. The number of aromatic nitrogens is 1. The second kappa shape index (κ2) is 7.79. The first-order valence-electron chi connectivity index (χ1n) is 6.85. The SMILES string of the molecule is O=C(CCCCl)Nc1ncc(Cc2cccc(C(F)(F)F)c2)s1. The van der Waals surface area contributed by atoms with E-state index < -0.39 is 11.7 Å². The molecule has 1 amide bonds. The Labute approximate surface area is 140 Å². The van der Waals surface area contributed by atoms with Crippen LogP contribution in [0.25, 0.3) is 0 Å². The van der Waals surface area contributed by atoms with Crippen LogP contribution in [0.2, 0.25) is 0 Å². The summed E-state index contributed by atoms with van der Waals surface area (Å²) in [7, 11) is 0. The van der Waals surface area contributed by atoms with E-state index in [4.69, 9.17) is 11.6 Å². The van der Waals surface area contributed by atoms with Crippen LogP contribution >= 0.6 is 22.9 Å². The van der Waals surface area contributed by atoms with Gasteiger partial charge >= 0.3 is 6.18 Å². The molecule has 0 aliphatic rings. The van der Waals surface area contributed by atoms with E-state index >= 15 is 0 Å². The van der Waals surface area contributed by atoms with Crippen molar-refractivity contribution < 1.29 is 18.0 Å². The summed E-state index contributed by atoms with van der Waals surface area (Å²) in [5.41, 5.74) is -0.127. The highest BCUT2D eigenvalue weighted by Crippen LogP contribution is 2.30. The normalized spacial score (nSPS) is 11.5. The maximum Gasteiger partial charge on any atom is 0.416 e. The minimum Gasteiger partial charge on any atom is -0.302 e. The highest BCUT2D eigenvalue weighted by Gasteiger charge is 2.30. The Morgan fingerprint density at radius 3 is 2.83 bits per heavy atom. The van der Waals surface area contributed by atoms with Crippen LogP contribution < -0.4 is 5.32 Å². The van der Waals surface area contributed by atoms with E-state index in [-0.39, 0.29) is 5.91 Å². The molecule has 0 bridgehead atoms. The molecular formula is C15H14ClF3N2OS. The fourth-order valence-corrected chi connectivity index (χ4v) is 2.91. The first kappa shape index (κ1) is 17.7. The Hall–Kier alpha value is -1.60. The quantitative estimate of drug-likeness (QED) is 0.756. The van der Waals surface area contributed by atoms with Gasteiger partial charge in [0.25, 0.3) is 0 Å². The number of halogens is 4. The molecule has 0 aliphatic carbocycles. The van der Waals surface area contributed by atoms with E-state index in [2.05, 4.69) is 10.3 Å². The van der Waals surface area contributed by atoms with Crippen LogP contribution in [0.15, 0.2) is 30.5 Å². The molecule has 1 aromatic carbocycles. The smallest absolute Gasteiger partial charge is 0.302 e. The topological polar surface area (TPSA) is 42.0 Å². The van der Waals surface area contributed by atoms with Crippen molar-refractivity contribution in [3.8, 4) is 0 Å². The molecule has 23 heavy (non-hydrogen) atoms. The maximum atomic E-state index is 12.7. The van der Waals surface area contributed by atoms with Crippen molar-refractivity contribution in [1.82, 2.24) is 4.98 Å². The monoisotopic (exact) mass is 362 g/mol. The number of alkyl halides is 4. The van der Waals surface area contributed by atoms with E-state index in [1.165, 1.54) is 17.4 Å². The zero-order chi connectivity index (χ0) is 16.9. The third kappa shape index (κ3) is 5.51. The van der Waals surface area contributed by atoms with Crippen molar-refractivity contribution in [2.75, 3.05) is 11.2 Å². The highest BCUT2D eigenvalue weighted by molar-refractivity contribution is 7.15. The first-order chi connectivity index (χ1) is 10.9. The summed E-state index contributed by atoms with van der Waals surface area (Å²) in [6.45, 7) is 0. The number of hydrogen-bond acceptors (Lipinski definition) is 3. The Morgan fingerprint density at radius 1 is 1.35 bits per heavy atom. The van der Waals surface area contributed by atoms with E-state index in [1.807, 2.05) is 0 Å². The summed E-state index contributed by atoms with van der Waals surface area (Å²) < 4.78 is 38.1. The first-order valence-corrected chi connectivity index (χ1v) is 8.20. The largest absolute Gasteiger partial charge is 0.416 e. The number of carbonyl (C=O) groups excluding carboxylic acids is 1. The van der Waals surface area contributed by atoms with Crippen molar-refractivity contribution in [3.05, 3.63) is 46.5 Å². The number of nitrogens with zero attached hydrogens (tertiary/aromatic N) is 1. The number of carbonyl (C=O) groups is 1. The molecule has 0 fully saturated rings. The summed E-state index contributed by atoms with van der Waals surface area (Å²) in [6.07, 6.45) is -1.58. The van der Waals surface area contributed by atoms with Crippen molar-refractivity contribution in [2.24, 2.45) is 0 Å². The molecule has 8 heteroatoms. The molecule has 2 aromatic rings. The average molecular weight is 363 g/mol. The molecule has 1 aromatic heterocycles. The van der Waals surface area contributed by atoms with Gasteiger partial charge in [0.05, 0.1) is 5.56 Å². The van der Waals surface area contributed by atoms with E-state index in [0.29, 0.717) is 35.8 Å². The molecular weight excluding hydrogens is 349 g/mol. The third-order valence-electron chi connectivity index (χ3n) is 2.97. The maximum absolute atomic E-state index is 12.7. The standard InChI is InChI=1S/C15H14ClF3N2OS/c16-6-2-5-13(22)21-14-20-9-12(23-14)8-10-3-1-4-11(7-10)15(17,18)19/h1,3-4,7,9H,2,5-6,8H2,(H,20,21,22). The molecule has 3 nitrogen and oxygen atoms in total. The van der Waals surface area contributed by atoms with Gasteiger partial charge in [0.15, 0.2) is 5.13 Å². The van der Waals surface area contributed by atoms with Gasteiger partial charge in [-0.3, -0.25) is 4.79 Å². The Balaban J connectivity index is 2.00. The minimum absolute atomic E-state index is 0.175. The lowest BCUT2D eigenvalue weighted by atomic mass is 10.1. The van der Waals surface area contributed by atoms with Gasteiger partial charge in [-0.05, 0) is 18.1 Å². The fraction of sp³-hybridized carbons (Fsp3) is 0.333. The number of hydrogen-bond donors (Lipinski definition) is 1. The highest BCUT2D eigenvalue weighted by atomic mass is 35.5. The van der Waals surface area contributed by atoms with Gasteiger partial charge in [-0.25, -0.2) is 4.98 Å². The van der Waals surface area contributed by atoms with E-state index in [1.54, 1.807) is 12.3 Å². The Kier molecular flexibility index (Phi) is 6.01. The summed E-state index contributed by atoms with van der Waals surface area (Å²) >= 11 is 6.76. The summed E-state index contributed by atoms with van der Waals surface area (Å²) in [6, 6.07) is 5.18. The van der Waals surface area contributed by atoms with Gasteiger partial charge in [0.1, 0.15) is 0 Å². The van der Waals surface area contributed by atoms with Crippen molar-refractivity contribution in [3.63, 3.8) is 0 Å². The zero-order valence-corrected chi connectivity index (χ0v) is 13.6. The molecule has 124 valence electrons. The van der Waals surface area contributed by atoms with Crippen LogP contribution in [-0.4, -0.2) is 16.8 Å². The van der Waals surface area contributed by atoms with Crippen molar-refractivity contribution >= 4 is 34.0 Å². The lowest BCUT2D eigenvalue weighted by molar-refractivity contribution is -0.137. The zero-order valence-electron chi connectivity index (χ0n) is 12.0. The summed E-state index contributed by atoms with van der Waals surface area (Å²) in [4.78, 5) is 16.4. The van der Waals surface area contributed by atoms with Gasteiger partial charge in [0.2, 0.25) is 5.91 Å². The molecule has 0 unspecified atom stereocenters. The summed E-state index contributed by atoms with van der Waals surface area (Å²) in [5.74, 6) is 0.233. The molecule has 1 N–H and O–H groups in total. The number of amides is 1. The predicted molar refractivity (Wildman–Crippen MR) is 84.9 cm³/mol. The molecule has 0 radical (unpaired) electrons. The molecule has 2 rings (SSSR count). The number of benzene rings is 1. The Morgan fingerprint density at radius 2 is 2.13 bits per heavy atom. The van der Waals surface area contributed by atoms with Crippen LogP contribution in [-0.2, 0) is 17.4 Å². The Bertz CT molecular complexity index is 673. The van der Waals surface area contributed by atoms with Crippen LogP contribution in [0, 0.1) is 0 Å². The van der Waals surface area contributed by atoms with Gasteiger partial charge in [-0.2, -0.15) is 13.2 Å². The van der Waals surface area contributed by atoms with Crippen molar-refractivity contribution in [1.29, 1.82) is 0 Å². The molecule has 0 spiro atoms. The molecule has 0 aliphatic heterocycles. The van der Waals surface area contributed by atoms with E-state index in [9.17, 15) is 18.0 Å². The van der Waals surface area contributed by atoms with Gasteiger partial charge in [0, 0.05) is 29.8 Å². The van der Waals surface area contributed by atoms with Gasteiger partial charge in [-0.1, -0.05) is 18.2 Å². The van der Waals surface area contributed by atoms with Gasteiger partial charge in [-0.15, -0.1) is 22.9 Å². The number of anilines is 1. The van der Waals surface area contributed by atoms with Gasteiger partial charge < -0.3 is 5.32 Å². The second-order valence-electron chi connectivity index (χ2n) is 4.85. The minimum atomic E-state index is -4.36. The lowest BCUT2D eigenvalue weighted by Crippen LogP contribution is -2.10. The number of thiazole rings is 1. The second-order valence-corrected chi connectivity index (χ2v) is 6.34. The van der Waals surface area contributed by atoms with Crippen molar-refractivity contribution in [2.45, 2.75) is 25.4 Å². The lowest BCUT2D eigenvalue weighted by Gasteiger charge is -2.07. The third-order valence-corrected chi connectivity index (χ3v) is 4.15. The molecule has 0 saturated heterocycles. The fourth-order valence-electron chi connectivity index (χ4n) is 1.91. The number of nitrogens with one attached hydrogen (secondary N) is 1. The van der Waals surface area contributed by atoms with Crippen LogP contribution in [0.1, 0.15) is 28.8 Å². The average Bonchev–Trinajstić information content (AvgIpc) is 2.91. The van der Waals surface area contributed by atoms with Crippen LogP contribution in [0.3, 0.4) is 0 Å². The number of rotatable bonds is 6. The molecule has 1 heterocycles.